The van der Waals surface area contributed by atoms with Crippen molar-refractivity contribution < 1.29 is 23.0 Å². The van der Waals surface area contributed by atoms with Crippen molar-refractivity contribution in [2.45, 2.75) is 13.2 Å². The van der Waals surface area contributed by atoms with E-state index in [0.717, 1.165) is 10.4 Å². The van der Waals surface area contributed by atoms with Crippen molar-refractivity contribution in [1.82, 2.24) is 25.6 Å². The van der Waals surface area contributed by atoms with E-state index in [1.807, 2.05) is 30.3 Å². The Balaban J connectivity index is 1.57. The lowest BCUT2D eigenvalue weighted by molar-refractivity contribution is -0.122. The number of hydrazone groups is 1. The van der Waals surface area contributed by atoms with Gasteiger partial charge in [-0.15, -0.1) is 10.2 Å². The molecule has 0 spiro atoms. The number of hydrogen-bond donors (Lipinski definition) is 1. The summed E-state index contributed by atoms with van der Waals surface area (Å²) >= 11 is 0. The molecule has 150 valence electrons. The van der Waals surface area contributed by atoms with Crippen molar-refractivity contribution in [2.75, 3.05) is 7.11 Å². The molecule has 0 unspecified atom stereocenters. The molecule has 0 aliphatic rings. The van der Waals surface area contributed by atoms with Crippen LogP contribution < -0.4 is 14.9 Å². The highest BCUT2D eigenvalue weighted by molar-refractivity contribution is 5.83. The van der Waals surface area contributed by atoms with Crippen LogP contribution in [0.5, 0.6) is 11.5 Å². The Hall–Kier alpha value is -3.89. The number of hydrogen-bond acceptors (Lipinski definition) is 7. The Bertz CT molecular complexity index is 994. The summed E-state index contributed by atoms with van der Waals surface area (Å²) in [4.78, 5) is 13.1. The molecule has 3 aromatic rings. The molecule has 0 bridgehead atoms. The number of ether oxygens (including phenoxy) is 2. The number of carbonyl (C=O) groups is 1. The summed E-state index contributed by atoms with van der Waals surface area (Å²) in [5, 5.41) is 15.7. The Morgan fingerprint density at radius 2 is 2.03 bits per heavy atom. The normalized spacial score (nSPS) is 11.0. The third kappa shape index (κ3) is 5.54. The highest BCUT2D eigenvalue weighted by Gasteiger charge is 2.11. The first kappa shape index (κ1) is 19.9. The van der Waals surface area contributed by atoms with Gasteiger partial charge in [0.15, 0.2) is 11.5 Å². The van der Waals surface area contributed by atoms with Crippen molar-refractivity contribution in [2.24, 2.45) is 5.10 Å². The largest absolute Gasteiger partial charge is 0.493 e. The van der Waals surface area contributed by atoms with Crippen molar-refractivity contribution >= 4 is 12.1 Å². The maximum Gasteiger partial charge on any atom is 0.387 e. The second-order valence-corrected chi connectivity index (χ2v) is 5.59. The van der Waals surface area contributed by atoms with Gasteiger partial charge in [0.2, 0.25) is 5.82 Å². The minimum atomic E-state index is -2.96. The first-order valence-electron chi connectivity index (χ1n) is 8.33. The lowest BCUT2D eigenvalue weighted by atomic mass is 10.2. The lowest BCUT2D eigenvalue weighted by Crippen LogP contribution is -2.24. The number of nitrogens with zero attached hydrogens (tertiary/aromatic N) is 5. The highest BCUT2D eigenvalue weighted by Crippen LogP contribution is 2.28. The molecule has 0 saturated heterocycles. The Morgan fingerprint density at radius 3 is 2.76 bits per heavy atom. The van der Waals surface area contributed by atoms with Gasteiger partial charge in [0.25, 0.3) is 5.91 Å². The van der Waals surface area contributed by atoms with Crippen LogP contribution in [0.15, 0.2) is 53.6 Å². The Labute approximate surface area is 163 Å². The molecule has 9 nitrogen and oxygen atoms in total. The van der Waals surface area contributed by atoms with Gasteiger partial charge < -0.3 is 9.47 Å². The maximum absolute atomic E-state index is 12.3. The van der Waals surface area contributed by atoms with Crippen LogP contribution in [0.2, 0.25) is 0 Å². The fraction of sp³-hybridized carbons (Fsp3) is 0.167. The van der Waals surface area contributed by atoms with E-state index in [1.165, 1.54) is 31.5 Å². The minimum absolute atomic E-state index is 0.102. The smallest absolute Gasteiger partial charge is 0.387 e. The van der Waals surface area contributed by atoms with Crippen molar-refractivity contribution in [3.05, 3.63) is 54.1 Å². The second kappa shape index (κ2) is 9.35. The molecule has 1 aromatic heterocycles. The van der Waals surface area contributed by atoms with Gasteiger partial charge in [0.05, 0.1) is 13.3 Å². The zero-order valence-electron chi connectivity index (χ0n) is 15.2. The molecule has 11 heteroatoms. The molecule has 0 aliphatic carbocycles. The fourth-order valence-electron chi connectivity index (χ4n) is 2.31. The van der Waals surface area contributed by atoms with Gasteiger partial charge in [-0.2, -0.15) is 18.7 Å². The Morgan fingerprint density at radius 1 is 1.24 bits per heavy atom. The zero-order chi connectivity index (χ0) is 20.6. The van der Waals surface area contributed by atoms with Crippen LogP contribution in [-0.2, 0) is 11.3 Å². The van der Waals surface area contributed by atoms with Gasteiger partial charge in [0.1, 0.15) is 6.54 Å². The molecule has 0 atom stereocenters. The number of tetrazole rings is 1. The number of carbonyl (C=O) groups excluding carboxylic acids is 1. The van der Waals surface area contributed by atoms with Gasteiger partial charge in [-0.3, -0.25) is 4.79 Å². The standard InChI is InChI=1S/C18H16F2N6O3/c1-28-15-9-12(7-8-14(15)29-18(19)20)10-21-22-16(27)11-26-24-17(23-25-26)13-5-3-2-4-6-13/h2-10,18H,11H2,1H3,(H,22,27)/b21-10-. The van der Waals surface area contributed by atoms with Crippen LogP contribution in [-0.4, -0.2) is 46.1 Å². The number of halogens is 2. The van der Waals surface area contributed by atoms with E-state index >= 15 is 0 Å². The zero-order valence-corrected chi connectivity index (χ0v) is 15.2. The summed E-state index contributed by atoms with van der Waals surface area (Å²) in [5.74, 6) is -0.0565. The molecule has 0 saturated carbocycles. The summed E-state index contributed by atoms with van der Waals surface area (Å²) in [5.41, 5.74) is 3.61. The number of alkyl halides is 2. The van der Waals surface area contributed by atoms with Crippen LogP contribution in [0.1, 0.15) is 5.56 Å². The molecule has 0 radical (unpaired) electrons. The molecule has 29 heavy (non-hydrogen) atoms. The van der Waals surface area contributed by atoms with Crippen LogP contribution in [0, 0.1) is 0 Å². The molecule has 0 aliphatic heterocycles. The van der Waals surface area contributed by atoms with Crippen LogP contribution in [0.4, 0.5) is 8.78 Å². The first-order chi connectivity index (χ1) is 14.0. The highest BCUT2D eigenvalue weighted by atomic mass is 19.3. The van der Waals surface area contributed by atoms with Crippen LogP contribution in [0.3, 0.4) is 0 Å². The lowest BCUT2D eigenvalue weighted by Gasteiger charge is -2.09. The third-order valence-corrected chi connectivity index (χ3v) is 3.58. The number of methoxy groups -OCH3 is 1. The third-order valence-electron chi connectivity index (χ3n) is 3.58. The maximum atomic E-state index is 12.3. The van der Waals surface area contributed by atoms with Gasteiger partial charge in [-0.05, 0) is 29.0 Å². The molecular weight excluding hydrogens is 386 g/mol. The molecule has 3 rings (SSSR count). The first-order valence-corrected chi connectivity index (χ1v) is 8.33. The summed E-state index contributed by atoms with van der Waals surface area (Å²) < 4.78 is 34.0. The number of amides is 1. The van der Waals surface area contributed by atoms with E-state index in [4.69, 9.17) is 4.74 Å². The van der Waals surface area contributed by atoms with Gasteiger partial charge in [-0.25, -0.2) is 5.43 Å². The molecular formula is C18H16F2N6O3. The number of rotatable bonds is 8. The average Bonchev–Trinajstić information content (AvgIpc) is 3.17. The fourth-order valence-corrected chi connectivity index (χ4v) is 2.31. The number of aromatic nitrogens is 4. The average molecular weight is 402 g/mol. The van der Waals surface area contributed by atoms with Gasteiger partial charge in [0, 0.05) is 5.56 Å². The van der Waals surface area contributed by atoms with E-state index in [0.29, 0.717) is 11.4 Å². The van der Waals surface area contributed by atoms with E-state index < -0.39 is 12.5 Å². The number of benzene rings is 2. The summed E-state index contributed by atoms with van der Waals surface area (Å²) in [6.07, 6.45) is 1.33. The molecule has 1 N–H and O–H groups in total. The summed E-state index contributed by atoms with van der Waals surface area (Å²) in [6, 6.07) is 13.5. The quantitative estimate of drug-likeness (QED) is 0.457. The van der Waals surface area contributed by atoms with Crippen molar-refractivity contribution in [3.63, 3.8) is 0 Å². The Kier molecular flexibility index (Phi) is 6.40. The van der Waals surface area contributed by atoms with E-state index in [-0.39, 0.29) is 18.0 Å². The second-order valence-electron chi connectivity index (χ2n) is 5.59. The predicted octanol–water partition coefficient (Wildman–Crippen LogP) is 2.10. The SMILES string of the molecule is COc1cc(/C=N\NC(=O)Cn2nnc(-c3ccccc3)n2)ccc1OC(F)F. The van der Waals surface area contributed by atoms with Crippen LogP contribution >= 0.6 is 0 Å². The summed E-state index contributed by atoms with van der Waals surface area (Å²) in [6.45, 7) is -3.14. The monoisotopic (exact) mass is 402 g/mol. The minimum Gasteiger partial charge on any atom is -0.493 e. The molecule has 0 fully saturated rings. The van der Waals surface area contributed by atoms with Crippen molar-refractivity contribution in [3.8, 4) is 22.9 Å². The van der Waals surface area contributed by atoms with Gasteiger partial charge >= 0.3 is 6.61 Å². The molecule has 1 amide bonds. The van der Waals surface area contributed by atoms with Crippen molar-refractivity contribution in [1.29, 1.82) is 0 Å². The van der Waals surface area contributed by atoms with E-state index in [1.54, 1.807) is 0 Å². The molecule has 1 heterocycles. The summed E-state index contributed by atoms with van der Waals surface area (Å²) in [7, 11) is 1.32. The van der Waals surface area contributed by atoms with E-state index in [2.05, 4.69) is 30.7 Å². The van der Waals surface area contributed by atoms with Gasteiger partial charge in [-0.1, -0.05) is 30.3 Å². The topological polar surface area (TPSA) is 104 Å². The van der Waals surface area contributed by atoms with E-state index in [9.17, 15) is 13.6 Å². The predicted molar refractivity (Wildman–Crippen MR) is 98.6 cm³/mol. The molecule has 2 aromatic carbocycles. The van der Waals surface area contributed by atoms with Crippen LogP contribution in [0.25, 0.3) is 11.4 Å². The number of nitrogens with one attached hydrogen (secondary N) is 1.